The second kappa shape index (κ2) is 4.89. The molecule has 0 aromatic carbocycles. The molecule has 4 nitrogen and oxygen atoms in total. The third-order valence-corrected chi connectivity index (χ3v) is 2.85. The van der Waals surface area contributed by atoms with Crippen molar-refractivity contribution in [1.82, 2.24) is 4.90 Å². The van der Waals surface area contributed by atoms with E-state index < -0.39 is 55.6 Å². The summed E-state index contributed by atoms with van der Waals surface area (Å²) in [6, 6.07) is -2.12. The molecule has 0 radical (unpaired) electrons. The number of piperidine rings is 1. The Kier molecular flexibility index (Phi) is 4.01. The molecular formula is C9H9F6NO3. The monoisotopic (exact) mass is 293 g/mol. The van der Waals surface area contributed by atoms with Crippen LogP contribution in [-0.2, 0) is 9.59 Å². The van der Waals surface area contributed by atoms with Gasteiger partial charge in [0.2, 0.25) is 0 Å². The fourth-order valence-electron chi connectivity index (χ4n) is 1.90. The normalized spacial score (nSPS) is 25.3. The topological polar surface area (TPSA) is 57.6 Å². The van der Waals surface area contributed by atoms with Gasteiger partial charge in [-0.05, 0) is 12.8 Å². The summed E-state index contributed by atoms with van der Waals surface area (Å²) < 4.78 is 73.9. The highest BCUT2D eigenvalue weighted by Crippen LogP contribution is 2.37. The molecular weight excluding hydrogens is 284 g/mol. The maximum Gasteiger partial charge on any atom is 0.471 e. The van der Waals surface area contributed by atoms with Crippen molar-refractivity contribution < 1.29 is 41.0 Å². The highest BCUT2D eigenvalue weighted by molar-refractivity contribution is 5.87. The van der Waals surface area contributed by atoms with E-state index in [1.54, 1.807) is 0 Å². The van der Waals surface area contributed by atoms with Crippen molar-refractivity contribution in [2.24, 2.45) is 5.92 Å². The molecule has 2 atom stereocenters. The number of amides is 1. The van der Waals surface area contributed by atoms with Crippen LogP contribution in [0.3, 0.4) is 0 Å². The molecule has 1 heterocycles. The van der Waals surface area contributed by atoms with Crippen molar-refractivity contribution in [2.75, 3.05) is 6.54 Å². The van der Waals surface area contributed by atoms with Crippen molar-refractivity contribution in [3.63, 3.8) is 0 Å². The molecule has 1 aliphatic heterocycles. The summed E-state index contributed by atoms with van der Waals surface area (Å²) in [5.74, 6) is -6.34. The predicted molar refractivity (Wildman–Crippen MR) is 48.0 cm³/mol. The van der Waals surface area contributed by atoms with Gasteiger partial charge in [0.15, 0.2) is 0 Å². The summed E-state index contributed by atoms with van der Waals surface area (Å²) in [6.45, 7) is -0.889. The number of carboxylic acid groups (broad SMARTS) is 1. The van der Waals surface area contributed by atoms with Crippen molar-refractivity contribution in [3.05, 3.63) is 0 Å². The van der Waals surface area contributed by atoms with Crippen molar-refractivity contribution in [2.45, 2.75) is 31.2 Å². The van der Waals surface area contributed by atoms with Gasteiger partial charge in [-0.25, -0.2) is 4.79 Å². The van der Waals surface area contributed by atoms with Gasteiger partial charge in [0.25, 0.3) is 0 Å². The summed E-state index contributed by atoms with van der Waals surface area (Å²) in [5.41, 5.74) is 0. The van der Waals surface area contributed by atoms with Crippen molar-refractivity contribution in [1.29, 1.82) is 0 Å². The fourth-order valence-corrected chi connectivity index (χ4v) is 1.90. The fraction of sp³-hybridized carbons (Fsp3) is 0.778. The molecule has 1 saturated heterocycles. The van der Waals surface area contributed by atoms with Crippen LogP contribution in [0, 0.1) is 5.92 Å². The first-order valence-electron chi connectivity index (χ1n) is 5.12. The molecule has 0 saturated carbocycles. The van der Waals surface area contributed by atoms with Gasteiger partial charge in [0.1, 0.15) is 6.04 Å². The van der Waals surface area contributed by atoms with Gasteiger partial charge in [0.05, 0.1) is 5.92 Å². The minimum absolute atomic E-state index is 0.0649. The van der Waals surface area contributed by atoms with Gasteiger partial charge in [-0.3, -0.25) is 4.79 Å². The molecule has 19 heavy (non-hydrogen) atoms. The molecule has 1 rings (SSSR count). The molecule has 10 heteroatoms. The quantitative estimate of drug-likeness (QED) is 0.750. The van der Waals surface area contributed by atoms with Crippen LogP contribution < -0.4 is 0 Å². The lowest BCUT2D eigenvalue weighted by Gasteiger charge is -2.37. The molecule has 1 amide bonds. The maximum absolute atomic E-state index is 12.4. The largest absolute Gasteiger partial charge is 0.480 e. The Balaban J connectivity index is 2.92. The van der Waals surface area contributed by atoms with Gasteiger partial charge in [0, 0.05) is 6.54 Å². The Morgan fingerprint density at radius 3 is 2.00 bits per heavy atom. The standard InChI is InChI=1S/C9H9F6NO3/c10-8(11,12)4-1-2-16(5(3-4)6(17)18)7(19)9(13,14)15/h4-5H,1-3H2,(H,17,18)/t4-,5-/m0/s1. The van der Waals surface area contributed by atoms with E-state index in [9.17, 15) is 35.9 Å². The van der Waals surface area contributed by atoms with Gasteiger partial charge < -0.3 is 10.0 Å². The summed E-state index contributed by atoms with van der Waals surface area (Å²) in [6.07, 6.45) is -11.8. The minimum Gasteiger partial charge on any atom is -0.480 e. The maximum atomic E-state index is 12.4. The predicted octanol–water partition coefficient (Wildman–Crippen LogP) is 1.80. The molecule has 1 aliphatic rings. The first-order chi connectivity index (χ1) is 8.44. The zero-order valence-electron chi connectivity index (χ0n) is 9.25. The van der Waals surface area contributed by atoms with E-state index >= 15 is 0 Å². The molecule has 0 unspecified atom stereocenters. The Morgan fingerprint density at radius 1 is 1.11 bits per heavy atom. The van der Waals surface area contributed by atoms with Crippen LogP contribution in [0.1, 0.15) is 12.8 Å². The SMILES string of the molecule is O=C(O)[C@@H]1C[C@@H](C(F)(F)F)CCN1C(=O)C(F)(F)F. The molecule has 0 aromatic rings. The average Bonchev–Trinajstić information content (AvgIpc) is 2.24. The second-order valence-corrected chi connectivity index (χ2v) is 4.11. The van der Waals surface area contributed by atoms with E-state index in [2.05, 4.69) is 0 Å². The summed E-state index contributed by atoms with van der Waals surface area (Å²) in [5, 5.41) is 8.68. The van der Waals surface area contributed by atoms with Crippen LogP contribution in [0.4, 0.5) is 26.3 Å². The Labute approximate surface area is 103 Å². The first-order valence-corrected chi connectivity index (χ1v) is 5.12. The van der Waals surface area contributed by atoms with Crippen LogP contribution in [0.15, 0.2) is 0 Å². The molecule has 0 aromatic heterocycles. The number of hydrogen-bond donors (Lipinski definition) is 1. The zero-order valence-corrected chi connectivity index (χ0v) is 9.25. The van der Waals surface area contributed by atoms with E-state index in [0.29, 0.717) is 0 Å². The Bertz CT molecular complexity index is 377. The van der Waals surface area contributed by atoms with E-state index in [0.717, 1.165) is 0 Å². The molecule has 1 fully saturated rings. The van der Waals surface area contributed by atoms with Gasteiger partial charge in [-0.15, -0.1) is 0 Å². The lowest BCUT2D eigenvalue weighted by Crippen LogP contribution is -2.55. The van der Waals surface area contributed by atoms with Crippen molar-refractivity contribution in [3.8, 4) is 0 Å². The smallest absolute Gasteiger partial charge is 0.471 e. The number of carbonyl (C=O) groups excluding carboxylic acids is 1. The molecule has 110 valence electrons. The number of carboxylic acids is 1. The minimum atomic E-state index is -5.31. The van der Waals surface area contributed by atoms with Crippen LogP contribution in [-0.4, -0.2) is 46.8 Å². The number of likely N-dealkylation sites (tertiary alicyclic amines) is 1. The summed E-state index contributed by atoms with van der Waals surface area (Å²) in [7, 11) is 0. The lowest BCUT2D eigenvalue weighted by atomic mass is 9.90. The van der Waals surface area contributed by atoms with Crippen LogP contribution in [0.25, 0.3) is 0 Å². The first kappa shape index (κ1) is 15.6. The number of aliphatic carboxylic acids is 1. The Hall–Kier alpha value is -1.48. The number of alkyl halides is 6. The number of hydrogen-bond acceptors (Lipinski definition) is 2. The zero-order chi connectivity index (χ0) is 15.0. The second-order valence-electron chi connectivity index (χ2n) is 4.11. The van der Waals surface area contributed by atoms with Crippen LogP contribution >= 0.6 is 0 Å². The van der Waals surface area contributed by atoms with Gasteiger partial charge in [-0.2, -0.15) is 26.3 Å². The summed E-state index contributed by atoms with van der Waals surface area (Å²) in [4.78, 5) is 21.6. The third kappa shape index (κ3) is 3.51. The molecule has 0 spiro atoms. The summed E-state index contributed by atoms with van der Waals surface area (Å²) >= 11 is 0. The molecule has 0 aliphatic carbocycles. The molecule has 1 N–H and O–H groups in total. The van der Waals surface area contributed by atoms with Gasteiger partial charge >= 0.3 is 24.2 Å². The average molecular weight is 293 g/mol. The third-order valence-electron chi connectivity index (χ3n) is 2.85. The molecule has 0 bridgehead atoms. The van der Waals surface area contributed by atoms with E-state index in [1.165, 1.54) is 0 Å². The Morgan fingerprint density at radius 2 is 1.63 bits per heavy atom. The lowest BCUT2D eigenvalue weighted by molar-refractivity contribution is -0.207. The number of nitrogens with zero attached hydrogens (tertiary/aromatic N) is 1. The van der Waals surface area contributed by atoms with E-state index in [4.69, 9.17) is 5.11 Å². The van der Waals surface area contributed by atoms with E-state index in [-0.39, 0.29) is 4.90 Å². The van der Waals surface area contributed by atoms with Crippen molar-refractivity contribution >= 4 is 11.9 Å². The number of halogens is 6. The highest BCUT2D eigenvalue weighted by atomic mass is 19.4. The van der Waals surface area contributed by atoms with E-state index in [1.807, 2.05) is 0 Å². The van der Waals surface area contributed by atoms with Gasteiger partial charge in [-0.1, -0.05) is 0 Å². The van der Waals surface area contributed by atoms with Crippen LogP contribution in [0.5, 0.6) is 0 Å². The number of rotatable bonds is 1. The number of carbonyl (C=O) groups is 2. The van der Waals surface area contributed by atoms with Crippen LogP contribution in [0.2, 0.25) is 0 Å². The highest BCUT2D eigenvalue weighted by Gasteiger charge is 2.52.